The zero-order valence-electron chi connectivity index (χ0n) is 24.1. The number of pyridine rings is 2. The van der Waals surface area contributed by atoms with Gasteiger partial charge in [-0.25, -0.2) is 9.97 Å². The van der Waals surface area contributed by atoms with Crippen LogP contribution in [0.1, 0.15) is 5.69 Å². The van der Waals surface area contributed by atoms with Gasteiger partial charge in [-0.3, -0.25) is 9.97 Å². The molecule has 45 heavy (non-hydrogen) atoms. The second kappa shape index (κ2) is 10.2. The fourth-order valence-corrected chi connectivity index (χ4v) is 6.26. The summed E-state index contributed by atoms with van der Waals surface area (Å²) in [6.07, 6.45) is 9.31. The van der Waals surface area contributed by atoms with Gasteiger partial charge in [0.1, 0.15) is 11.4 Å². The Balaban J connectivity index is 1.18. The second-order valence-corrected chi connectivity index (χ2v) is 11.1. The number of fused-ring (bicyclic) bond motifs is 6. The number of benzene rings is 4. The molecule has 0 saturated carbocycles. The van der Waals surface area contributed by atoms with Crippen molar-refractivity contribution in [3.05, 3.63) is 146 Å². The smallest absolute Gasteiger partial charge is 0.198 e. The first-order valence-electron chi connectivity index (χ1n) is 14.9. The maximum Gasteiger partial charge on any atom is 0.198 e. The predicted octanol–water partition coefficient (Wildman–Crippen LogP) is 8.46. The average molecular weight is 580 g/mol. The molecule has 1 unspecified atom stereocenters. The number of aromatic nitrogens is 4. The first-order chi connectivity index (χ1) is 22.3. The van der Waals surface area contributed by atoms with Crippen LogP contribution in [0.15, 0.2) is 140 Å². The first kappa shape index (κ1) is 25.4. The van der Waals surface area contributed by atoms with Crippen molar-refractivity contribution >= 4 is 27.4 Å². The van der Waals surface area contributed by atoms with Crippen LogP contribution >= 0.6 is 0 Å². The molecule has 0 radical (unpaired) electrons. The van der Waals surface area contributed by atoms with E-state index in [2.05, 4.69) is 113 Å². The second-order valence-electron chi connectivity index (χ2n) is 11.1. The zero-order chi connectivity index (χ0) is 29.7. The van der Waals surface area contributed by atoms with Crippen LogP contribution in [0.4, 0.5) is 0 Å². The molecular weight excluding hydrogens is 554 g/mol. The molecule has 4 aromatic carbocycles. The summed E-state index contributed by atoms with van der Waals surface area (Å²) in [5.74, 6) is 1.33. The lowest BCUT2D eigenvalue weighted by Gasteiger charge is -2.14. The number of ether oxygens (including phenoxy) is 1. The van der Waals surface area contributed by atoms with Gasteiger partial charge in [0.15, 0.2) is 17.8 Å². The first-order valence-corrected chi connectivity index (χ1v) is 14.9. The summed E-state index contributed by atoms with van der Waals surface area (Å²) in [5.41, 5.74) is 10.7. The summed E-state index contributed by atoms with van der Waals surface area (Å²) >= 11 is 0. The summed E-state index contributed by atoms with van der Waals surface area (Å²) in [5, 5.41) is 5.43. The molecule has 0 saturated heterocycles. The van der Waals surface area contributed by atoms with Gasteiger partial charge in [-0.15, -0.1) is 0 Å². The third-order valence-corrected chi connectivity index (χ3v) is 8.46. The Morgan fingerprint density at radius 1 is 0.600 bits per heavy atom. The van der Waals surface area contributed by atoms with Crippen molar-refractivity contribution in [1.82, 2.24) is 25.3 Å². The Morgan fingerprint density at radius 3 is 2.29 bits per heavy atom. The van der Waals surface area contributed by atoms with Crippen LogP contribution in [0.3, 0.4) is 0 Å². The van der Waals surface area contributed by atoms with E-state index in [1.54, 1.807) is 0 Å². The number of rotatable bonds is 4. The molecule has 0 spiro atoms. The van der Waals surface area contributed by atoms with Gasteiger partial charge in [0.25, 0.3) is 0 Å². The Labute approximate surface area is 259 Å². The minimum Gasteiger partial charge on any atom is -0.462 e. The molecule has 0 aliphatic carbocycles. The highest BCUT2D eigenvalue weighted by Crippen LogP contribution is 2.44. The topological polar surface area (TPSA) is 72.8 Å². The number of allylic oxidation sites excluding steroid dienone is 2. The molecule has 7 aromatic rings. The minimum atomic E-state index is -0.296. The van der Waals surface area contributed by atoms with Crippen LogP contribution in [0.2, 0.25) is 0 Å². The van der Waals surface area contributed by atoms with E-state index in [1.165, 1.54) is 5.56 Å². The van der Waals surface area contributed by atoms with E-state index in [1.807, 2.05) is 36.8 Å². The quantitative estimate of drug-likeness (QED) is 0.211. The van der Waals surface area contributed by atoms with E-state index < -0.39 is 0 Å². The van der Waals surface area contributed by atoms with Crippen molar-refractivity contribution in [2.75, 3.05) is 0 Å². The van der Waals surface area contributed by atoms with Gasteiger partial charge in [0, 0.05) is 39.9 Å². The monoisotopic (exact) mass is 579 g/mol. The average Bonchev–Trinajstić information content (AvgIpc) is 3.50. The molecule has 1 N–H and O–H groups in total. The van der Waals surface area contributed by atoms with Crippen LogP contribution in [0.25, 0.3) is 72.3 Å². The van der Waals surface area contributed by atoms with E-state index in [0.717, 1.165) is 66.6 Å². The van der Waals surface area contributed by atoms with Crippen LogP contribution in [0, 0.1) is 0 Å². The maximum atomic E-state index is 6.41. The molecule has 5 heterocycles. The summed E-state index contributed by atoms with van der Waals surface area (Å²) in [6.45, 7) is 0. The van der Waals surface area contributed by atoms with Crippen molar-refractivity contribution in [3.63, 3.8) is 0 Å². The highest BCUT2D eigenvalue weighted by molar-refractivity contribution is 6.08. The maximum absolute atomic E-state index is 6.41. The molecule has 2 aliphatic rings. The number of hydrogen-bond donors (Lipinski definition) is 1. The van der Waals surface area contributed by atoms with Gasteiger partial charge in [-0.2, -0.15) is 0 Å². The largest absolute Gasteiger partial charge is 0.462 e. The van der Waals surface area contributed by atoms with Crippen molar-refractivity contribution in [1.29, 1.82) is 0 Å². The molecule has 1 atom stereocenters. The highest BCUT2D eigenvalue weighted by atomic mass is 16.5. The lowest BCUT2D eigenvalue weighted by molar-refractivity contribution is 0.254. The van der Waals surface area contributed by atoms with Crippen LogP contribution in [-0.2, 0) is 0 Å². The summed E-state index contributed by atoms with van der Waals surface area (Å²) < 4.78 is 6.41. The summed E-state index contributed by atoms with van der Waals surface area (Å²) in [4.78, 5) is 19.6. The van der Waals surface area contributed by atoms with Crippen molar-refractivity contribution < 1.29 is 4.74 Å². The van der Waals surface area contributed by atoms with Gasteiger partial charge in [0.2, 0.25) is 0 Å². The predicted molar refractivity (Wildman–Crippen MR) is 179 cm³/mol. The van der Waals surface area contributed by atoms with Crippen LogP contribution < -0.4 is 10.1 Å². The molecule has 9 rings (SSSR count). The standard InChI is InChI=1S/C39H25N5O/c1-2-7-24(8-3-1)25-13-15-27(16-14-25)34-37-36(32-12-6-21-42-39(32)45-37)44-38(43-34)29-10-4-9-28(23-29)30-19-22-41-35-31(30)18-17-26-11-5-20-40-33(26)35/h1-23,39,42H. The third kappa shape index (κ3) is 4.26. The van der Waals surface area contributed by atoms with Crippen molar-refractivity contribution in [3.8, 4) is 50.6 Å². The number of nitrogens with zero attached hydrogens (tertiary/aromatic N) is 4. The summed E-state index contributed by atoms with van der Waals surface area (Å²) in [6, 6.07) is 37.6. The Morgan fingerprint density at radius 2 is 1.38 bits per heavy atom. The number of dihydropyridines is 1. The Hall–Kier alpha value is -6.14. The van der Waals surface area contributed by atoms with Gasteiger partial charge in [0.05, 0.1) is 11.0 Å². The van der Waals surface area contributed by atoms with Gasteiger partial charge in [-0.1, -0.05) is 91.0 Å². The molecule has 6 nitrogen and oxygen atoms in total. The highest BCUT2D eigenvalue weighted by Gasteiger charge is 2.34. The molecule has 0 bridgehead atoms. The molecule has 212 valence electrons. The van der Waals surface area contributed by atoms with Crippen LogP contribution in [0.5, 0.6) is 5.75 Å². The molecule has 6 heteroatoms. The lowest BCUT2D eigenvalue weighted by Crippen LogP contribution is -2.29. The molecule has 0 amide bonds. The SMILES string of the molecule is C1=CNC2Oc3c(nc(-c4cccc(-c5ccnc6c5ccc5cccnc56)c4)nc3-c3ccc(-c4ccccc4)cc3)C2=C1. The van der Waals surface area contributed by atoms with Gasteiger partial charge in [-0.05, 0) is 58.8 Å². The molecular formula is C39H25N5O. The third-order valence-electron chi connectivity index (χ3n) is 8.46. The fraction of sp³-hybridized carbons (Fsp3) is 0.0256. The minimum absolute atomic E-state index is 0.296. The van der Waals surface area contributed by atoms with E-state index in [9.17, 15) is 0 Å². The van der Waals surface area contributed by atoms with E-state index >= 15 is 0 Å². The Kier molecular flexibility index (Phi) is 5.77. The van der Waals surface area contributed by atoms with Crippen LogP contribution in [-0.4, -0.2) is 26.2 Å². The summed E-state index contributed by atoms with van der Waals surface area (Å²) in [7, 11) is 0. The van der Waals surface area contributed by atoms with Gasteiger partial charge >= 0.3 is 0 Å². The number of nitrogens with one attached hydrogen (secondary N) is 1. The lowest BCUT2D eigenvalue weighted by atomic mass is 9.98. The molecule has 3 aromatic heterocycles. The number of hydrogen-bond acceptors (Lipinski definition) is 6. The Bertz CT molecular complexity index is 2330. The van der Waals surface area contributed by atoms with E-state index in [-0.39, 0.29) is 6.23 Å². The molecule has 2 aliphatic heterocycles. The van der Waals surface area contributed by atoms with Crippen molar-refractivity contribution in [2.24, 2.45) is 0 Å². The normalized spacial score (nSPS) is 14.8. The zero-order valence-corrected chi connectivity index (χ0v) is 24.1. The fourth-order valence-electron chi connectivity index (χ4n) is 6.26. The van der Waals surface area contributed by atoms with Gasteiger partial charge < -0.3 is 10.1 Å². The van der Waals surface area contributed by atoms with E-state index in [4.69, 9.17) is 19.7 Å². The van der Waals surface area contributed by atoms with Crippen molar-refractivity contribution in [2.45, 2.75) is 6.23 Å². The molecule has 0 fully saturated rings. The van der Waals surface area contributed by atoms with E-state index in [0.29, 0.717) is 11.6 Å².